The summed E-state index contributed by atoms with van der Waals surface area (Å²) in [5.41, 5.74) is 1.78. The standard InChI is InChI=1S/C16H19F3N3O5P/c1-3-26-28(25,27-4-2)11-6-5-8-12(20)9(16(17,18)19)7-10-13(8)22(11)15(24)14(23)21-10/h7,11H,3-6,20H2,1-2H3,(H,21,23). The molecule has 1 atom stereocenters. The second-order valence-corrected chi connectivity index (χ2v) is 8.43. The molecule has 0 bridgehead atoms. The molecule has 3 rings (SSSR count). The number of nitrogens with two attached hydrogens (primary N) is 1. The Kier molecular flexibility index (Phi) is 5.20. The Balaban J connectivity index is 2.41. The zero-order valence-electron chi connectivity index (χ0n) is 15.1. The first-order valence-electron chi connectivity index (χ1n) is 8.61. The van der Waals surface area contributed by atoms with Gasteiger partial charge in [-0.3, -0.25) is 18.7 Å². The monoisotopic (exact) mass is 421 g/mol. The van der Waals surface area contributed by atoms with E-state index in [0.717, 1.165) is 4.57 Å². The number of nitrogen functional groups attached to an aromatic ring is 1. The van der Waals surface area contributed by atoms with Crippen LogP contribution in [0.15, 0.2) is 15.7 Å². The van der Waals surface area contributed by atoms with Crippen molar-refractivity contribution in [3.8, 4) is 0 Å². The summed E-state index contributed by atoms with van der Waals surface area (Å²) >= 11 is 0. The number of benzene rings is 1. The highest BCUT2D eigenvalue weighted by Gasteiger charge is 2.43. The second kappa shape index (κ2) is 7.06. The summed E-state index contributed by atoms with van der Waals surface area (Å²) in [4.78, 5) is 26.9. The third kappa shape index (κ3) is 3.17. The highest BCUT2D eigenvalue weighted by Crippen LogP contribution is 2.62. The van der Waals surface area contributed by atoms with Gasteiger partial charge < -0.3 is 19.8 Å². The van der Waals surface area contributed by atoms with Crippen molar-refractivity contribution in [2.24, 2.45) is 0 Å². The van der Waals surface area contributed by atoms with Gasteiger partial charge in [-0.2, -0.15) is 13.2 Å². The van der Waals surface area contributed by atoms with Crippen LogP contribution in [0.4, 0.5) is 18.9 Å². The molecule has 3 N–H and O–H groups in total. The van der Waals surface area contributed by atoms with Gasteiger partial charge in [0.2, 0.25) is 0 Å². The van der Waals surface area contributed by atoms with Gasteiger partial charge in [0, 0.05) is 11.3 Å². The molecule has 1 unspecified atom stereocenters. The molecular weight excluding hydrogens is 402 g/mol. The quantitative estimate of drug-likeness (QED) is 0.436. The van der Waals surface area contributed by atoms with Crippen LogP contribution in [0, 0.1) is 0 Å². The van der Waals surface area contributed by atoms with Crippen molar-refractivity contribution in [2.45, 2.75) is 38.6 Å². The van der Waals surface area contributed by atoms with Gasteiger partial charge in [0.15, 0.2) is 0 Å². The Morgan fingerprint density at radius 1 is 1.29 bits per heavy atom. The maximum atomic E-state index is 13.3. The number of rotatable bonds is 5. The Bertz CT molecular complexity index is 1080. The molecule has 1 aromatic carbocycles. The van der Waals surface area contributed by atoms with Gasteiger partial charge in [-0.15, -0.1) is 0 Å². The highest BCUT2D eigenvalue weighted by molar-refractivity contribution is 7.54. The van der Waals surface area contributed by atoms with Gasteiger partial charge >= 0.3 is 24.9 Å². The third-order valence-electron chi connectivity index (χ3n) is 4.59. The lowest BCUT2D eigenvalue weighted by Gasteiger charge is -2.33. The Hall–Kier alpha value is -2.10. The smallest absolute Gasteiger partial charge is 0.398 e. The molecule has 0 saturated heterocycles. The average molecular weight is 421 g/mol. The molecule has 0 radical (unpaired) electrons. The van der Waals surface area contributed by atoms with Crippen molar-refractivity contribution in [1.29, 1.82) is 0 Å². The van der Waals surface area contributed by atoms with Crippen molar-refractivity contribution >= 4 is 24.3 Å². The van der Waals surface area contributed by atoms with Crippen LogP contribution in [0.2, 0.25) is 0 Å². The topological polar surface area (TPSA) is 116 Å². The molecule has 154 valence electrons. The fraction of sp³-hybridized carbons (Fsp3) is 0.500. The average Bonchev–Trinajstić information content (AvgIpc) is 2.60. The number of nitrogens with one attached hydrogen (secondary N) is 1. The number of H-pyrrole nitrogens is 1. The molecule has 0 fully saturated rings. The van der Waals surface area contributed by atoms with Crippen molar-refractivity contribution in [2.75, 3.05) is 18.9 Å². The Morgan fingerprint density at radius 3 is 2.43 bits per heavy atom. The number of alkyl halides is 3. The van der Waals surface area contributed by atoms with Crippen LogP contribution in [-0.2, 0) is 26.2 Å². The Labute approximate surface area is 157 Å². The molecule has 1 aliphatic rings. The number of aromatic amines is 1. The number of anilines is 1. The molecule has 2 heterocycles. The number of nitrogens with zero attached hydrogens (tertiary/aromatic N) is 1. The number of hydrogen-bond acceptors (Lipinski definition) is 6. The molecule has 1 aliphatic heterocycles. The van der Waals surface area contributed by atoms with Crippen LogP contribution >= 0.6 is 7.60 Å². The summed E-state index contributed by atoms with van der Waals surface area (Å²) in [5, 5.41) is 0. The lowest BCUT2D eigenvalue weighted by atomic mass is 9.97. The van der Waals surface area contributed by atoms with Gasteiger partial charge in [0.05, 0.1) is 29.8 Å². The van der Waals surface area contributed by atoms with E-state index in [9.17, 15) is 27.3 Å². The van der Waals surface area contributed by atoms with Crippen LogP contribution in [0.3, 0.4) is 0 Å². The minimum absolute atomic E-state index is 0.00554. The number of aryl methyl sites for hydroxylation is 1. The van der Waals surface area contributed by atoms with Gasteiger partial charge in [-0.25, -0.2) is 0 Å². The summed E-state index contributed by atoms with van der Waals surface area (Å²) in [5.74, 6) is -1.15. The molecular formula is C16H19F3N3O5P. The maximum Gasteiger partial charge on any atom is 0.418 e. The van der Waals surface area contributed by atoms with E-state index in [4.69, 9.17) is 14.8 Å². The number of aromatic nitrogens is 2. The molecule has 8 nitrogen and oxygen atoms in total. The molecule has 0 amide bonds. The fourth-order valence-corrected chi connectivity index (χ4v) is 5.63. The first kappa shape index (κ1) is 20.6. The minimum Gasteiger partial charge on any atom is -0.398 e. The normalized spacial score (nSPS) is 17.2. The summed E-state index contributed by atoms with van der Waals surface area (Å²) in [6, 6.07) is 0.681. The summed E-state index contributed by atoms with van der Waals surface area (Å²) in [6.45, 7) is 3.23. The summed E-state index contributed by atoms with van der Waals surface area (Å²) in [7, 11) is -3.87. The molecule has 0 aliphatic carbocycles. The number of halogens is 3. The van der Waals surface area contributed by atoms with Crippen molar-refractivity contribution in [1.82, 2.24) is 9.55 Å². The molecule has 28 heavy (non-hydrogen) atoms. The third-order valence-corrected chi connectivity index (χ3v) is 7.04. The highest BCUT2D eigenvalue weighted by atomic mass is 31.2. The summed E-state index contributed by atoms with van der Waals surface area (Å²) in [6.07, 6.45) is -4.77. The largest absolute Gasteiger partial charge is 0.418 e. The van der Waals surface area contributed by atoms with Crippen molar-refractivity contribution in [3.63, 3.8) is 0 Å². The van der Waals surface area contributed by atoms with E-state index in [-0.39, 0.29) is 42.7 Å². The Morgan fingerprint density at radius 2 is 1.89 bits per heavy atom. The number of hydrogen-bond donors (Lipinski definition) is 2. The molecule has 2 aromatic rings. The van der Waals surface area contributed by atoms with Gasteiger partial charge in [-0.1, -0.05) is 0 Å². The predicted molar refractivity (Wildman–Crippen MR) is 96.5 cm³/mol. The SMILES string of the molecule is CCOP(=O)(OCC)C1CCc2c(N)c(C(F)(F)F)cc3[nH]c(=O)c(=O)n1c23. The van der Waals surface area contributed by atoms with Crippen molar-refractivity contribution < 1.29 is 26.8 Å². The van der Waals surface area contributed by atoms with E-state index in [0.29, 0.717) is 6.07 Å². The predicted octanol–water partition coefficient (Wildman–Crippen LogP) is 3.00. The van der Waals surface area contributed by atoms with Crippen LogP contribution < -0.4 is 16.9 Å². The second-order valence-electron chi connectivity index (χ2n) is 6.23. The van der Waals surface area contributed by atoms with E-state index in [1.165, 1.54) is 0 Å². The van der Waals surface area contributed by atoms with Crippen LogP contribution in [0.5, 0.6) is 0 Å². The fourth-order valence-electron chi connectivity index (χ4n) is 3.54. The summed E-state index contributed by atoms with van der Waals surface area (Å²) < 4.78 is 64.8. The lowest BCUT2D eigenvalue weighted by Crippen LogP contribution is -2.41. The van der Waals surface area contributed by atoms with E-state index >= 15 is 0 Å². The van der Waals surface area contributed by atoms with Crippen LogP contribution in [-0.4, -0.2) is 22.8 Å². The van der Waals surface area contributed by atoms with Crippen molar-refractivity contribution in [3.05, 3.63) is 37.9 Å². The van der Waals surface area contributed by atoms with E-state index < -0.39 is 41.9 Å². The first-order valence-corrected chi connectivity index (χ1v) is 10.2. The van der Waals surface area contributed by atoms with Crippen LogP contribution in [0.25, 0.3) is 11.0 Å². The molecule has 1 aromatic heterocycles. The molecule has 12 heteroatoms. The van der Waals surface area contributed by atoms with Crippen LogP contribution in [0.1, 0.15) is 37.2 Å². The molecule has 0 saturated carbocycles. The van der Waals surface area contributed by atoms with E-state index in [1.54, 1.807) is 13.8 Å². The van der Waals surface area contributed by atoms with Gasteiger partial charge in [0.25, 0.3) is 0 Å². The zero-order valence-corrected chi connectivity index (χ0v) is 16.0. The van der Waals surface area contributed by atoms with E-state index in [2.05, 4.69) is 4.98 Å². The van der Waals surface area contributed by atoms with E-state index in [1.807, 2.05) is 0 Å². The lowest BCUT2D eigenvalue weighted by molar-refractivity contribution is -0.136. The van der Waals surface area contributed by atoms with Gasteiger partial charge in [0.1, 0.15) is 5.78 Å². The first-order chi connectivity index (χ1) is 13.0. The zero-order chi connectivity index (χ0) is 20.9. The van der Waals surface area contributed by atoms with Gasteiger partial charge in [-0.05, 0) is 32.8 Å². The minimum atomic E-state index is -4.74. The maximum absolute atomic E-state index is 13.3. The molecule has 0 spiro atoms.